The third-order valence-corrected chi connectivity index (χ3v) is 3.93. The Morgan fingerprint density at radius 2 is 1.96 bits per heavy atom. The standard InChI is InChI=1S/C16H12BrN3O3/c1-20-13-6-5-10(17)8-12(13)14(16(20)23)18-19-15(22)9-3-2-4-11(21)7-9/h2-8,21,23H,1H3. The molecule has 3 aromatic rings. The van der Waals surface area contributed by atoms with Crippen molar-refractivity contribution in [1.82, 2.24) is 4.57 Å². The molecule has 1 aromatic heterocycles. The van der Waals surface area contributed by atoms with Crippen LogP contribution in [0.4, 0.5) is 5.69 Å². The lowest BCUT2D eigenvalue weighted by molar-refractivity contribution is 0.0994. The highest BCUT2D eigenvalue weighted by atomic mass is 79.9. The summed E-state index contributed by atoms with van der Waals surface area (Å²) in [5.74, 6) is -0.708. The number of phenolic OH excluding ortho intramolecular Hbond substituents is 1. The van der Waals surface area contributed by atoms with Gasteiger partial charge >= 0.3 is 0 Å². The van der Waals surface area contributed by atoms with Crippen molar-refractivity contribution in [2.75, 3.05) is 0 Å². The lowest BCUT2D eigenvalue weighted by Gasteiger charge is -1.96. The lowest BCUT2D eigenvalue weighted by atomic mass is 10.2. The summed E-state index contributed by atoms with van der Waals surface area (Å²) in [5.41, 5.74) is 1.21. The number of nitrogens with zero attached hydrogens (tertiary/aromatic N) is 3. The Hall–Kier alpha value is -2.67. The predicted octanol–water partition coefficient (Wildman–Crippen LogP) is 4.28. The third-order valence-electron chi connectivity index (χ3n) is 3.44. The number of carbonyl (C=O) groups excluding carboxylic acids is 1. The van der Waals surface area contributed by atoms with Crippen LogP contribution in [0.15, 0.2) is 57.2 Å². The van der Waals surface area contributed by atoms with Crippen LogP contribution in [0.3, 0.4) is 0 Å². The number of hydrogen-bond acceptors (Lipinski definition) is 4. The molecule has 116 valence electrons. The highest BCUT2D eigenvalue weighted by Gasteiger charge is 2.15. The van der Waals surface area contributed by atoms with Crippen LogP contribution in [0.5, 0.6) is 11.6 Å². The summed E-state index contributed by atoms with van der Waals surface area (Å²) in [6, 6.07) is 11.3. The first kappa shape index (κ1) is 15.2. The summed E-state index contributed by atoms with van der Waals surface area (Å²) < 4.78 is 2.39. The number of amides is 1. The number of aromatic nitrogens is 1. The Kier molecular flexibility index (Phi) is 3.87. The SMILES string of the molecule is Cn1c(O)c(N=NC(=O)c2cccc(O)c2)c2cc(Br)ccc21. The average Bonchev–Trinajstić information content (AvgIpc) is 2.76. The van der Waals surface area contributed by atoms with Crippen molar-refractivity contribution in [3.05, 3.63) is 52.5 Å². The molecule has 0 radical (unpaired) electrons. The summed E-state index contributed by atoms with van der Waals surface area (Å²) in [5, 5.41) is 27.8. The fourth-order valence-electron chi connectivity index (χ4n) is 2.27. The number of phenols is 1. The zero-order valence-electron chi connectivity index (χ0n) is 12.1. The molecule has 2 aromatic carbocycles. The summed E-state index contributed by atoms with van der Waals surface area (Å²) in [6.45, 7) is 0. The first-order valence-electron chi connectivity index (χ1n) is 6.69. The van der Waals surface area contributed by atoms with E-state index in [1.54, 1.807) is 23.7 Å². The van der Waals surface area contributed by atoms with Crippen LogP contribution in [0.25, 0.3) is 10.9 Å². The van der Waals surface area contributed by atoms with Crippen molar-refractivity contribution in [2.45, 2.75) is 0 Å². The average molecular weight is 374 g/mol. The monoisotopic (exact) mass is 373 g/mol. The molecule has 3 rings (SSSR count). The number of hydrogen-bond donors (Lipinski definition) is 2. The molecule has 2 N–H and O–H groups in total. The first-order valence-corrected chi connectivity index (χ1v) is 7.48. The van der Waals surface area contributed by atoms with E-state index in [1.807, 2.05) is 12.1 Å². The number of carbonyl (C=O) groups is 1. The van der Waals surface area contributed by atoms with Gasteiger partial charge in [0.25, 0.3) is 5.91 Å². The number of benzene rings is 2. The molecule has 6 nitrogen and oxygen atoms in total. The molecule has 0 spiro atoms. The zero-order valence-corrected chi connectivity index (χ0v) is 13.6. The van der Waals surface area contributed by atoms with Crippen LogP contribution in [0.2, 0.25) is 0 Å². The molecule has 1 heterocycles. The Morgan fingerprint density at radius 1 is 1.17 bits per heavy atom. The summed E-state index contributed by atoms with van der Waals surface area (Å²) in [7, 11) is 1.70. The van der Waals surface area contributed by atoms with Crippen molar-refractivity contribution in [3.63, 3.8) is 0 Å². The molecule has 0 aliphatic heterocycles. The Labute approximate surface area is 139 Å². The maximum absolute atomic E-state index is 12.0. The molecule has 0 aliphatic carbocycles. The minimum atomic E-state index is -0.604. The smallest absolute Gasteiger partial charge is 0.295 e. The van der Waals surface area contributed by atoms with Crippen molar-refractivity contribution >= 4 is 38.4 Å². The van der Waals surface area contributed by atoms with E-state index in [2.05, 4.69) is 26.2 Å². The third kappa shape index (κ3) is 2.83. The number of azo groups is 1. The second-order valence-electron chi connectivity index (χ2n) is 4.95. The van der Waals surface area contributed by atoms with Crippen LogP contribution >= 0.6 is 15.9 Å². The molecule has 7 heteroatoms. The van der Waals surface area contributed by atoms with Gasteiger partial charge in [0.2, 0.25) is 5.88 Å². The molecule has 0 bridgehead atoms. The molecule has 0 unspecified atom stereocenters. The fraction of sp³-hybridized carbons (Fsp3) is 0.0625. The second-order valence-corrected chi connectivity index (χ2v) is 5.86. The quantitative estimate of drug-likeness (QED) is 0.657. The topological polar surface area (TPSA) is 87.2 Å². The molecule has 0 saturated carbocycles. The van der Waals surface area contributed by atoms with Gasteiger partial charge in [0, 0.05) is 22.5 Å². The van der Waals surface area contributed by atoms with Gasteiger partial charge in [-0.2, -0.15) is 0 Å². The summed E-state index contributed by atoms with van der Waals surface area (Å²) in [4.78, 5) is 12.0. The van der Waals surface area contributed by atoms with Gasteiger partial charge in [0.05, 0.1) is 5.52 Å². The van der Waals surface area contributed by atoms with E-state index >= 15 is 0 Å². The van der Waals surface area contributed by atoms with Crippen LogP contribution in [0.1, 0.15) is 10.4 Å². The van der Waals surface area contributed by atoms with Crippen LogP contribution in [-0.4, -0.2) is 20.7 Å². The van der Waals surface area contributed by atoms with Gasteiger partial charge in [-0.15, -0.1) is 10.2 Å². The maximum Gasteiger partial charge on any atom is 0.295 e. The van der Waals surface area contributed by atoms with E-state index in [9.17, 15) is 15.0 Å². The second kappa shape index (κ2) is 5.85. The van der Waals surface area contributed by atoms with Crippen molar-refractivity contribution < 1.29 is 15.0 Å². The number of aromatic hydroxyl groups is 2. The van der Waals surface area contributed by atoms with Crippen molar-refractivity contribution in [1.29, 1.82) is 0 Å². The van der Waals surface area contributed by atoms with E-state index in [0.29, 0.717) is 5.39 Å². The molecular formula is C16H12BrN3O3. The Balaban J connectivity index is 2.03. The molecule has 0 saturated heterocycles. The van der Waals surface area contributed by atoms with Gasteiger partial charge in [-0.1, -0.05) is 22.0 Å². The fourth-order valence-corrected chi connectivity index (χ4v) is 2.64. The molecule has 0 fully saturated rings. The van der Waals surface area contributed by atoms with E-state index in [-0.39, 0.29) is 22.9 Å². The van der Waals surface area contributed by atoms with Crippen molar-refractivity contribution in [2.24, 2.45) is 17.3 Å². The number of aryl methyl sites for hydroxylation is 1. The molecule has 0 aliphatic rings. The minimum Gasteiger partial charge on any atom is -0.508 e. The Morgan fingerprint density at radius 3 is 2.70 bits per heavy atom. The normalized spacial score (nSPS) is 11.4. The maximum atomic E-state index is 12.0. The highest BCUT2D eigenvalue weighted by Crippen LogP contribution is 2.39. The van der Waals surface area contributed by atoms with Crippen LogP contribution in [0, 0.1) is 0 Å². The largest absolute Gasteiger partial charge is 0.508 e. The highest BCUT2D eigenvalue weighted by molar-refractivity contribution is 9.10. The van der Waals surface area contributed by atoms with Crippen LogP contribution in [-0.2, 0) is 7.05 Å². The summed E-state index contributed by atoms with van der Waals surface area (Å²) >= 11 is 3.37. The number of halogens is 1. The minimum absolute atomic E-state index is 0.0250. The van der Waals surface area contributed by atoms with E-state index in [0.717, 1.165) is 9.99 Å². The zero-order chi connectivity index (χ0) is 16.6. The van der Waals surface area contributed by atoms with Gasteiger partial charge in [0.15, 0.2) is 5.69 Å². The van der Waals surface area contributed by atoms with Gasteiger partial charge in [-0.25, -0.2) is 0 Å². The lowest BCUT2D eigenvalue weighted by Crippen LogP contribution is -1.92. The molecule has 1 amide bonds. The van der Waals surface area contributed by atoms with E-state index in [4.69, 9.17) is 0 Å². The number of fused-ring (bicyclic) bond motifs is 1. The van der Waals surface area contributed by atoms with Gasteiger partial charge in [-0.05, 0) is 36.4 Å². The van der Waals surface area contributed by atoms with Crippen molar-refractivity contribution in [3.8, 4) is 11.6 Å². The first-order chi connectivity index (χ1) is 11.0. The van der Waals surface area contributed by atoms with E-state index < -0.39 is 5.91 Å². The molecule has 23 heavy (non-hydrogen) atoms. The Bertz CT molecular complexity index is 947. The van der Waals surface area contributed by atoms with Gasteiger partial charge in [-0.3, -0.25) is 4.79 Å². The molecule has 0 atom stereocenters. The summed E-state index contributed by atoms with van der Waals surface area (Å²) in [6.07, 6.45) is 0. The molecular weight excluding hydrogens is 362 g/mol. The van der Waals surface area contributed by atoms with Gasteiger partial charge in [0.1, 0.15) is 5.75 Å². The van der Waals surface area contributed by atoms with Crippen LogP contribution < -0.4 is 0 Å². The van der Waals surface area contributed by atoms with Gasteiger partial charge < -0.3 is 14.8 Å². The predicted molar refractivity (Wildman–Crippen MR) is 89.2 cm³/mol. The number of rotatable bonds is 2. The van der Waals surface area contributed by atoms with E-state index in [1.165, 1.54) is 18.2 Å².